The zero-order valence-electron chi connectivity index (χ0n) is 21.1. The first-order valence-electron chi connectivity index (χ1n) is 12.1. The van der Waals surface area contributed by atoms with Crippen LogP contribution in [0, 0.1) is 25.2 Å². The molecule has 8 nitrogen and oxygen atoms in total. The van der Waals surface area contributed by atoms with Crippen molar-refractivity contribution in [3.05, 3.63) is 88.1 Å². The van der Waals surface area contributed by atoms with Crippen molar-refractivity contribution in [3.63, 3.8) is 0 Å². The molecule has 0 spiro atoms. The number of rotatable bonds is 7. The summed E-state index contributed by atoms with van der Waals surface area (Å²) in [6, 6.07) is 16.5. The fourth-order valence-electron chi connectivity index (χ4n) is 4.69. The van der Waals surface area contributed by atoms with Crippen LogP contribution in [0.2, 0.25) is 0 Å². The number of aliphatic carboxylic acids is 1. The third-order valence-corrected chi connectivity index (χ3v) is 8.71. The molecule has 3 N–H and O–H groups in total. The number of ether oxygens (including phenoxy) is 1. The zero-order chi connectivity index (χ0) is 26.7. The van der Waals surface area contributed by atoms with Crippen LogP contribution in [0.4, 0.5) is 0 Å². The van der Waals surface area contributed by atoms with Crippen LogP contribution in [0.15, 0.2) is 59.6 Å². The highest BCUT2D eigenvalue weighted by molar-refractivity contribution is 8.22. The Bertz CT molecular complexity index is 1350. The van der Waals surface area contributed by atoms with E-state index in [9.17, 15) is 24.3 Å². The van der Waals surface area contributed by atoms with Crippen molar-refractivity contribution < 1.29 is 23.7 Å². The maximum absolute atomic E-state index is 11.8. The first kappa shape index (κ1) is 26.6. The Morgan fingerprint density at radius 2 is 2.00 bits per heavy atom. The first-order valence-corrected chi connectivity index (χ1v) is 13.6. The second-order valence-corrected chi connectivity index (χ2v) is 11.3. The van der Waals surface area contributed by atoms with E-state index in [1.807, 2.05) is 45.0 Å². The summed E-state index contributed by atoms with van der Waals surface area (Å²) in [5.41, 5.74) is 4.84. The van der Waals surface area contributed by atoms with Gasteiger partial charge in [0.2, 0.25) is 5.88 Å². The van der Waals surface area contributed by atoms with Gasteiger partial charge in [0.25, 0.3) is 0 Å². The van der Waals surface area contributed by atoms with Gasteiger partial charge < -0.3 is 9.84 Å². The second-order valence-electron chi connectivity index (χ2n) is 9.32. The van der Waals surface area contributed by atoms with Gasteiger partial charge in [-0.3, -0.25) is 13.9 Å². The van der Waals surface area contributed by atoms with Crippen LogP contribution in [-0.4, -0.2) is 42.1 Å². The van der Waals surface area contributed by atoms with Gasteiger partial charge in [0.1, 0.15) is 11.0 Å². The number of pyridine rings is 1. The van der Waals surface area contributed by atoms with Gasteiger partial charge in [-0.15, -0.1) is 10.8 Å². The summed E-state index contributed by atoms with van der Waals surface area (Å²) in [6.45, 7) is 6.34. The van der Waals surface area contributed by atoms with Gasteiger partial charge in [-0.05, 0) is 72.4 Å². The number of aryl methyl sites for hydroxylation is 2. The lowest BCUT2D eigenvalue weighted by molar-refractivity contribution is -0.137. The molecule has 3 aromatic rings. The Morgan fingerprint density at radius 3 is 2.68 bits per heavy atom. The molecule has 0 fully saturated rings. The number of aromatic nitrogens is 1. The van der Waals surface area contributed by atoms with E-state index in [0.29, 0.717) is 18.5 Å². The average molecular weight is 522 g/mol. The summed E-state index contributed by atoms with van der Waals surface area (Å²) in [5.74, 6) is -1.12. The lowest BCUT2D eigenvalue weighted by atomic mass is 9.84. The minimum absolute atomic E-state index is 0.112. The van der Waals surface area contributed by atoms with Gasteiger partial charge in [0.15, 0.2) is 0 Å². The van der Waals surface area contributed by atoms with Gasteiger partial charge in [-0.1, -0.05) is 31.2 Å². The molecule has 4 rings (SSSR count). The molecule has 2 atom stereocenters. The summed E-state index contributed by atoms with van der Waals surface area (Å²) in [6.07, 6.45) is 1.85. The lowest BCUT2D eigenvalue weighted by Crippen LogP contribution is -2.34. The molecular formula is C28H31N3O5S. The van der Waals surface area contributed by atoms with Crippen LogP contribution in [0.3, 0.4) is 0 Å². The summed E-state index contributed by atoms with van der Waals surface area (Å²) in [5, 5.41) is 18.9. The van der Waals surface area contributed by atoms with Gasteiger partial charge in [0, 0.05) is 18.7 Å². The number of carbonyl (C=O) groups is 1. The third kappa shape index (κ3) is 5.63. The standard InChI is InChI=1S/C28H31N3O5S/c1-4-23-17-31(37(34,35)26-6-5-11-30-28(26)36-23)16-22-13-21(9-7-18(22)2)25(14-27(32)33)24-10-8-20(15-29)12-19(24)3/h5-13,23,25,34-35H,4,14,16-17H2,1-3H3,(H,32,33)/t23-,25?/m1/s1. The molecule has 1 unspecified atom stereocenters. The molecule has 1 aromatic heterocycles. The molecule has 9 heteroatoms. The molecule has 37 heavy (non-hydrogen) atoms. The zero-order valence-corrected chi connectivity index (χ0v) is 21.9. The maximum atomic E-state index is 11.8. The van der Waals surface area contributed by atoms with Crippen molar-refractivity contribution >= 4 is 16.7 Å². The highest BCUT2D eigenvalue weighted by Gasteiger charge is 2.35. The van der Waals surface area contributed by atoms with E-state index in [1.54, 1.807) is 34.8 Å². The number of fused-ring (bicyclic) bond motifs is 1. The first-order chi connectivity index (χ1) is 17.6. The van der Waals surface area contributed by atoms with E-state index in [-0.39, 0.29) is 29.8 Å². The van der Waals surface area contributed by atoms with Gasteiger partial charge in [-0.25, -0.2) is 4.98 Å². The number of nitriles is 1. The highest BCUT2D eigenvalue weighted by Crippen LogP contribution is 2.57. The van der Waals surface area contributed by atoms with Crippen molar-refractivity contribution in [1.82, 2.24) is 9.29 Å². The van der Waals surface area contributed by atoms with Crippen LogP contribution >= 0.6 is 10.8 Å². The monoisotopic (exact) mass is 521 g/mol. The van der Waals surface area contributed by atoms with Crippen LogP contribution < -0.4 is 4.74 Å². The number of hydrogen-bond donors (Lipinski definition) is 3. The molecule has 1 aliphatic rings. The van der Waals surface area contributed by atoms with E-state index in [4.69, 9.17) is 4.74 Å². The molecule has 2 heterocycles. The van der Waals surface area contributed by atoms with Crippen molar-refractivity contribution in [1.29, 1.82) is 5.26 Å². The Hall–Kier alpha value is -3.42. The second kappa shape index (κ2) is 10.9. The Balaban J connectivity index is 1.74. The van der Waals surface area contributed by atoms with Crippen LogP contribution in [0.25, 0.3) is 0 Å². The van der Waals surface area contributed by atoms with E-state index in [2.05, 4.69) is 11.1 Å². The van der Waals surface area contributed by atoms with Gasteiger partial charge in [-0.2, -0.15) is 9.57 Å². The molecule has 0 saturated carbocycles. The van der Waals surface area contributed by atoms with E-state index >= 15 is 0 Å². The molecule has 1 aliphatic heterocycles. The largest absolute Gasteiger partial charge is 0.481 e. The van der Waals surface area contributed by atoms with E-state index in [1.165, 1.54) is 0 Å². The Labute approximate surface area is 218 Å². The fraction of sp³-hybridized carbons (Fsp3) is 0.321. The molecule has 0 radical (unpaired) electrons. The van der Waals surface area contributed by atoms with Gasteiger partial charge in [0.05, 0.1) is 24.6 Å². The third-order valence-electron chi connectivity index (χ3n) is 6.81. The predicted octanol–water partition coefficient (Wildman–Crippen LogP) is 5.87. The van der Waals surface area contributed by atoms with Crippen molar-refractivity contribution in [2.75, 3.05) is 6.54 Å². The molecular weight excluding hydrogens is 490 g/mol. The fourth-order valence-corrected chi connectivity index (χ4v) is 6.26. The maximum Gasteiger partial charge on any atom is 0.304 e. The minimum atomic E-state index is -3.37. The van der Waals surface area contributed by atoms with Crippen molar-refractivity contribution in [3.8, 4) is 11.9 Å². The SMILES string of the molecule is CC[C@@H]1CN(Cc2cc(C(CC(=O)O)c3ccc(C#N)cc3C)ccc2C)S(O)(O)c2cccnc2O1. The summed E-state index contributed by atoms with van der Waals surface area (Å²) >= 11 is 0. The van der Waals surface area contributed by atoms with Crippen LogP contribution in [0.5, 0.6) is 5.88 Å². The lowest BCUT2D eigenvalue weighted by Gasteiger charge is -2.41. The normalized spacial score (nSPS) is 18.5. The summed E-state index contributed by atoms with van der Waals surface area (Å²) in [4.78, 5) is 16.3. The smallest absolute Gasteiger partial charge is 0.304 e. The van der Waals surface area contributed by atoms with Gasteiger partial charge >= 0.3 is 5.97 Å². The van der Waals surface area contributed by atoms with Crippen LogP contribution in [0.1, 0.15) is 59.1 Å². The Kier molecular flexibility index (Phi) is 7.85. The van der Waals surface area contributed by atoms with E-state index < -0.39 is 22.7 Å². The number of nitrogens with zero attached hydrogens (tertiary/aromatic N) is 3. The topological polar surface area (TPSA) is 127 Å². The molecule has 194 valence electrons. The summed E-state index contributed by atoms with van der Waals surface area (Å²) < 4.78 is 30.3. The van der Waals surface area contributed by atoms with Crippen molar-refractivity contribution in [2.45, 2.75) is 57.1 Å². The summed E-state index contributed by atoms with van der Waals surface area (Å²) in [7, 11) is -3.37. The molecule has 0 saturated heterocycles. The Morgan fingerprint density at radius 1 is 1.22 bits per heavy atom. The molecule has 0 amide bonds. The highest BCUT2D eigenvalue weighted by atomic mass is 32.3. The van der Waals surface area contributed by atoms with Crippen LogP contribution in [-0.2, 0) is 11.3 Å². The average Bonchev–Trinajstić information content (AvgIpc) is 2.97. The number of benzene rings is 2. The molecule has 0 aliphatic carbocycles. The minimum Gasteiger partial charge on any atom is -0.481 e. The predicted molar refractivity (Wildman–Crippen MR) is 142 cm³/mol. The molecule has 2 aromatic carbocycles. The van der Waals surface area contributed by atoms with Crippen molar-refractivity contribution in [2.24, 2.45) is 0 Å². The number of carboxylic acids is 1. The van der Waals surface area contributed by atoms with E-state index in [0.717, 1.165) is 27.8 Å². The number of carboxylic acid groups (broad SMARTS) is 1. The quantitative estimate of drug-likeness (QED) is 0.352. The number of hydrogen-bond acceptors (Lipinski definition) is 7. The molecule has 0 bridgehead atoms.